The van der Waals surface area contributed by atoms with Gasteiger partial charge in [-0.3, -0.25) is 9.20 Å². The maximum absolute atomic E-state index is 12.8. The number of carbonyl (C=O) groups is 1. The Labute approximate surface area is 175 Å². The van der Waals surface area contributed by atoms with E-state index in [0.717, 1.165) is 64.6 Å². The number of benzene rings is 2. The number of rotatable bonds is 3. The molecule has 0 atom stereocenters. The smallest absolute Gasteiger partial charge is 0.177 e. The number of aromatic nitrogens is 2. The normalized spacial score (nSPS) is 13.6. The number of aryl methyl sites for hydroxylation is 3. The number of Topliss-reactive ketones (excluding diaryl/α,β-unsaturated/α-hetero) is 1. The lowest BCUT2D eigenvalue weighted by atomic mass is 9.96. The molecule has 146 valence electrons. The number of halogens is 1. The van der Waals surface area contributed by atoms with Gasteiger partial charge in [0.05, 0.1) is 11.4 Å². The van der Waals surface area contributed by atoms with E-state index in [1.165, 1.54) is 11.1 Å². The summed E-state index contributed by atoms with van der Waals surface area (Å²) < 4.78 is 4.51. The van der Waals surface area contributed by atoms with E-state index in [4.69, 9.17) is 11.6 Å². The van der Waals surface area contributed by atoms with Gasteiger partial charge in [-0.1, -0.05) is 53.6 Å². The molecule has 3 nitrogen and oxygen atoms in total. The standard InChI is InChI=1S/C25H23ClN2O/c1-16-6-8-19(9-7-16)23-21-5-3-4-14-27-22(18-10-12-20(26)13-11-18)15-28(25(21)27)24(23)17(2)29/h6-13,15H,3-5,14H2,1-2H3. The Morgan fingerprint density at radius 3 is 2.34 bits per heavy atom. The third-order valence-electron chi connectivity index (χ3n) is 5.95. The van der Waals surface area contributed by atoms with Gasteiger partial charge in [0.15, 0.2) is 5.78 Å². The summed E-state index contributed by atoms with van der Waals surface area (Å²) in [6.07, 6.45) is 5.37. The second-order valence-corrected chi connectivity index (χ2v) is 8.38. The van der Waals surface area contributed by atoms with Crippen molar-refractivity contribution >= 4 is 23.0 Å². The number of hydrogen-bond acceptors (Lipinski definition) is 1. The number of ketones is 1. The zero-order valence-corrected chi connectivity index (χ0v) is 17.5. The summed E-state index contributed by atoms with van der Waals surface area (Å²) in [6.45, 7) is 4.72. The van der Waals surface area contributed by atoms with E-state index in [1.54, 1.807) is 6.92 Å². The Bertz CT molecular complexity index is 1230. The first-order valence-electron chi connectivity index (χ1n) is 10.1. The average Bonchev–Trinajstić information content (AvgIpc) is 3.12. The zero-order chi connectivity index (χ0) is 20.1. The van der Waals surface area contributed by atoms with Gasteiger partial charge in [-0.15, -0.1) is 0 Å². The molecule has 29 heavy (non-hydrogen) atoms. The highest BCUT2D eigenvalue weighted by Crippen LogP contribution is 2.39. The van der Waals surface area contributed by atoms with Gasteiger partial charge in [0.2, 0.25) is 0 Å². The first kappa shape index (κ1) is 18.3. The second kappa shape index (κ2) is 6.93. The van der Waals surface area contributed by atoms with Gasteiger partial charge in [0, 0.05) is 35.8 Å². The molecule has 0 saturated heterocycles. The fourth-order valence-corrected chi connectivity index (χ4v) is 4.74. The van der Waals surface area contributed by atoms with Crippen molar-refractivity contribution in [1.82, 2.24) is 8.97 Å². The predicted molar refractivity (Wildman–Crippen MR) is 119 cm³/mol. The third-order valence-corrected chi connectivity index (χ3v) is 6.20. The molecule has 4 aromatic rings. The molecule has 0 saturated carbocycles. The van der Waals surface area contributed by atoms with E-state index in [-0.39, 0.29) is 5.78 Å². The molecule has 5 rings (SSSR count). The number of carbonyl (C=O) groups excluding carboxylic acids is 1. The van der Waals surface area contributed by atoms with Crippen molar-refractivity contribution in [3.05, 3.63) is 76.6 Å². The fourth-order valence-electron chi connectivity index (χ4n) is 4.61. The van der Waals surface area contributed by atoms with Crippen LogP contribution in [0.4, 0.5) is 0 Å². The molecule has 1 aliphatic rings. The predicted octanol–water partition coefficient (Wildman–Crippen LogP) is 6.58. The van der Waals surface area contributed by atoms with Crippen LogP contribution in [-0.2, 0) is 13.0 Å². The van der Waals surface area contributed by atoms with Crippen LogP contribution in [0.2, 0.25) is 5.02 Å². The van der Waals surface area contributed by atoms with Crippen LogP contribution in [-0.4, -0.2) is 14.8 Å². The minimum absolute atomic E-state index is 0.0993. The van der Waals surface area contributed by atoms with E-state index in [2.05, 4.69) is 58.5 Å². The van der Waals surface area contributed by atoms with Crippen LogP contribution < -0.4 is 0 Å². The molecular weight excluding hydrogens is 380 g/mol. The summed E-state index contributed by atoms with van der Waals surface area (Å²) in [6, 6.07) is 16.5. The van der Waals surface area contributed by atoms with Crippen molar-refractivity contribution in [2.45, 2.75) is 39.7 Å². The Balaban J connectivity index is 1.84. The molecule has 0 aliphatic carbocycles. The van der Waals surface area contributed by atoms with Crippen LogP contribution >= 0.6 is 11.6 Å². The molecule has 2 aromatic carbocycles. The monoisotopic (exact) mass is 402 g/mol. The van der Waals surface area contributed by atoms with E-state index >= 15 is 0 Å². The van der Waals surface area contributed by atoms with Gasteiger partial charge in [-0.05, 0) is 49.4 Å². The average molecular weight is 403 g/mol. The van der Waals surface area contributed by atoms with Crippen LogP contribution in [0.5, 0.6) is 0 Å². The first-order chi connectivity index (χ1) is 14.0. The molecule has 1 aliphatic heterocycles. The van der Waals surface area contributed by atoms with Crippen LogP contribution in [0.15, 0.2) is 54.7 Å². The minimum atomic E-state index is 0.0993. The van der Waals surface area contributed by atoms with Crippen molar-refractivity contribution in [3.8, 4) is 22.4 Å². The van der Waals surface area contributed by atoms with Gasteiger partial charge in [-0.2, -0.15) is 0 Å². The SMILES string of the molecule is CC(=O)c1c(-c2ccc(C)cc2)c2c3n(c(-c4ccc(Cl)cc4)cn13)CCCC2. The van der Waals surface area contributed by atoms with Gasteiger partial charge in [0.1, 0.15) is 5.65 Å². The van der Waals surface area contributed by atoms with E-state index in [0.29, 0.717) is 0 Å². The highest BCUT2D eigenvalue weighted by molar-refractivity contribution is 6.30. The Morgan fingerprint density at radius 1 is 0.966 bits per heavy atom. The molecule has 2 aromatic heterocycles. The molecule has 0 radical (unpaired) electrons. The summed E-state index contributed by atoms with van der Waals surface area (Å²) in [5.74, 6) is 0.0993. The van der Waals surface area contributed by atoms with E-state index < -0.39 is 0 Å². The Kier molecular flexibility index (Phi) is 4.36. The van der Waals surface area contributed by atoms with Crippen molar-refractivity contribution in [3.63, 3.8) is 0 Å². The lowest BCUT2D eigenvalue weighted by Gasteiger charge is -2.09. The van der Waals surface area contributed by atoms with Gasteiger partial charge < -0.3 is 4.57 Å². The molecule has 0 bridgehead atoms. The maximum Gasteiger partial charge on any atom is 0.177 e. The van der Waals surface area contributed by atoms with E-state index in [1.807, 2.05) is 12.1 Å². The quantitative estimate of drug-likeness (QED) is 0.355. The summed E-state index contributed by atoms with van der Waals surface area (Å²) in [5, 5.41) is 0.731. The lowest BCUT2D eigenvalue weighted by molar-refractivity contribution is 0.101. The topological polar surface area (TPSA) is 26.4 Å². The third kappa shape index (κ3) is 2.92. The molecule has 4 heteroatoms. The largest absolute Gasteiger partial charge is 0.325 e. The van der Waals surface area contributed by atoms with E-state index in [9.17, 15) is 4.79 Å². The molecule has 0 amide bonds. The van der Waals surface area contributed by atoms with Crippen LogP contribution in [0, 0.1) is 6.92 Å². The Morgan fingerprint density at radius 2 is 1.66 bits per heavy atom. The second-order valence-electron chi connectivity index (χ2n) is 7.95. The molecule has 3 heterocycles. The Hall–Kier alpha value is -2.78. The van der Waals surface area contributed by atoms with Crippen molar-refractivity contribution in [2.24, 2.45) is 0 Å². The van der Waals surface area contributed by atoms with Crippen LogP contribution in [0.25, 0.3) is 28.0 Å². The number of nitrogens with zero attached hydrogens (tertiary/aromatic N) is 2. The highest BCUT2D eigenvalue weighted by atomic mass is 35.5. The summed E-state index contributed by atoms with van der Waals surface area (Å²) in [5.41, 5.74) is 8.95. The van der Waals surface area contributed by atoms with Gasteiger partial charge in [-0.25, -0.2) is 0 Å². The van der Waals surface area contributed by atoms with Gasteiger partial charge in [0.25, 0.3) is 0 Å². The van der Waals surface area contributed by atoms with Crippen molar-refractivity contribution in [2.75, 3.05) is 0 Å². The van der Waals surface area contributed by atoms with Crippen LogP contribution in [0.3, 0.4) is 0 Å². The first-order valence-corrected chi connectivity index (χ1v) is 10.5. The maximum atomic E-state index is 12.8. The zero-order valence-electron chi connectivity index (χ0n) is 16.7. The molecule has 0 N–H and O–H groups in total. The summed E-state index contributed by atoms with van der Waals surface area (Å²) in [7, 11) is 0. The molecule has 0 unspecified atom stereocenters. The molecule has 0 spiro atoms. The van der Waals surface area contributed by atoms with Gasteiger partial charge >= 0.3 is 0 Å². The number of hydrogen-bond donors (Lipinski definition) is 0. The number of imidazole rings is 1. The van der Waals surface area contributed by atoms with Crippen molar-refractivity contribution in [1.29, 1.82) is 0 Å². The summed E-state index contributed by atoms with van der Waals surface area (Å²) in [4.78, 5) is 12.8. The molecular formula is C25H23ClN2O. The highest BCUT2D eigenvalue weighted by Gasteiger charge is 2.27. The summed E-state index contributed by atoms with van der Waals surface area (Å²) >= 11 is 6.10. The van der Waals surface area contributed by atoms with Crippen molar-refractivity contribution < 1.29 is 4.79 Å². The van der Waals surface area contributed by atoms with Crippen LogP contribution in [0.1, 0.15) is 41.4 Å². The molecule has 0 fully saturated rings. The minimum Gasteiger partial charge on any atom is -0.325 e. The lowest BCUT2D eigenvalue weighted by Crippen LogP contribution is -2.00. The fraction of sp³-hybridized carbons (Fsp3) is 0.240.